The highest BCUT2D eigenvalue weighted by Crippen LogP contribution is 2.14. The van der Waals surface area contributed by atoms with E-state index in [-0.39, 0.29) is 0 Å². The molecular weight excluding hydrogens is 109 g/mol. The van der Waals surface area contributed by atoms with Gasteiger partial charge in [0.25, 0.3) is 8.53 Å². The summed E-state index contributed by atoms with van der Waals surface area (Å²) < 4.78 is 1.90. The van der Waals surface area contributed by atoms with Crippen molar-refractivity contribution in [1.82, 2.24) is 4.49 Å². The molecule has 0 aliphatic carbocycles. The van der Waals surface area contributed by atoms with E-state index in [1.54, 1.807) is 0 Å². The van der Waals surface area contributed by atoms with Crippen molar-refractivity contribution in [2.24, 2.45) is 0 Å². The minimum atomic E-state index is -1.98. The van der Waals surface area contributed by atoms with Crippen molar-refractivity contribution in [1.29, 1.82) is 0 Å². The third-order valence-electron chi connectivity index (χ3n) is 0.0894. The molecule has 32 valence electrons. The Morgan fingerprint density at radius 3 is 1.80 bits per heavy atom. The lowest BCUT2D eigenvalue weighted by atomic mass is 13.9. The molecule has 0 aromatic heterocycles. The third kappa shape index (κ3) is 4.66. The highest BCUT2D eigenvalue weighted by Gasteiger charge is 1.84. The number of thiol groups is 1. The lowest BCUT2D eigenvalue weighted by Gasteiger charge is -1.90. The van der Waals surface area contributed by atoms with Crippen molar-refractivity contribution in [3.63, 3.8) is 0 Å². The Hall–Kier alpha value is 0.660. The summed E-state index contributed by atoms with van der Waals surface area (Å²) in [5.74, 6) is 0. The highest BCUT2D eigenvalue weighted by molar-refractivity contribution is 7.84. The SMILES string of the molecule is OP(O)NS. The molecule has 0 amide bonds. The van der Waals surface area contributed by atoms with E-state index in [0.29, 0.717) is 0 Å². The van der Waals surface area contributed by atoms with E-state index >= 15 is 0 Å². The van der Waals surface area contributed by atoms with Gasteiger partial charge >= 0.3 is 0 Å². The van der Waals surface area contributed by atoms with Crippen LogP contribution in [-0.2, 0) is 0 Å². The zero-order chi connectivity index (χ0) is 4.28. The van der Waals surface area contributed by atoms with Crippen LogP contribution in [0.15, 0.2) is 0 Å². The molecule has 3 nitrogen and oxygen atoms in total. The van der Waals surface area contributed by atoms with Crippen LogP contribution in [-0.4, -0.2) is 9.79 Å². The predicted molar refractivity (Wildman–Crippen MR) is 23.5 cm³/mol. The Morgan fingerprint density at radius 2 is 1.80 bits per heavy atom. The summed E-state index contributed by atoms with van der Waals surface area (Å²) in [7, 11) is -1.98. The first-order chi connectivity index (χ1) is 2.27. The van der Waals surface area contributed by atoms with Gasteiger partial charge in [-0.25, -0.2) is 0 Å². The summed E-state index contributed by atoms with van der Waals surface area (Å²) in [6, 6.07) is 0. The molecule has 0 heterocycles. The van der Waals surface area contributed by atoms with Crippen LogP contribution >= 0.6 is 21.3 Å². The van der Waals surface area contributed by atoms with Gasteiger partial charge in [0.2, 0.25) is 0 Å². The van der Waals surface area contributed by atoms with Crippen LogP contribution in [0.4, 0.5) is 0 Å². The molecule has 0 atom stereocenters. The fourth-order valence-electron chi connectivity index (χ4n) is 0. The maximum Gasteiger partial charge on any atom is 0.260 e. The Balaban J connectivity index is 2.54. The first kappa shape index (κ1) is 5.66. The molecule has 0 aromatic rings. The van der Waals surface area contributed by atoms with Crippen LogP contribution in [0.1, 0.15) is 0 Å². The van der Waals surface area contributed by atoms with Gasteiger partial charge in [0, 0.05) is 0 Å². The zero-order valence-electron chi connectivity index (χ0n) is 2.29. The second-order valence-electron chi connectivity index (χ2n) is 0.389. The van der Waals surface area contributed by atoms with E-state index < -0.39 is 8.53 Å². The van der Waals surface area contributed by atoms with Gasteiger partial charge in [-0.1, -0.05) is 12.8 Å². The third-order valence-corrected chi connectivity index (χ3v) is 0.805. The average molecular weight is 113 g/mol. The van der Waals surface area contributed by atoms with Crippen molar-refractivity contribution in [3.05, 3.63) is 0 Å². The van der Waals surface area contributed by atoms with Gasteiger partial charge in [0.1, 0.15) is 0 Å². The maximum atomic E-state index is 7.79. The molecule has 0 spiro atoms. The highest BCUT2D eigenvalue weighted by atomic mass is 32.1. The predicted octanol–water partition coefficient (Wildman–Crippen LogP) is -0.368. The average Bonchev–Trinajstić information content (AvgIpc) is 1.38. The first-order valence-electron chi connectivity index (χ1n) is 0.847. The second kappa shape index (κ2) is 2.87. The van der Waals surface area contributed by atoms with Gasteiger partial charge < -0.3 is 9.79 Å². The normalized spacial score (nSPS) is 9.60. The Kier molecular flexibility index (Phi) is 3.25. The van der Waals surface area contributed by atoms with E-state index in [1.807, 2.05) is 4.49 Å². The van der Waals surface area contributed by atoms with E-state index in [2.05, 4.69) is 12.8 Å². The summed E-state index contributed by atoms with van der Waals surface area (Å²) in [6.45, 7) is 0. The molecule has 0 saturated heterocycles. The van der Waals surface area contributed by atoms with Gasteiger partial charge in [-0.05, 0) is 0 Å². The van der Waals surface area contributed by atoms with Gasteiger partial charge in [0.05, 0.1) is 0 Å². The van der Waals surface area contributed by atoms with Crippen molar-refractivity contribution in [2.45, 2.75) is 0 Å². The summed E-state index contributed by atoms with van der Waals surface area (Å²) in [5.41, 5.74) is 0. The zero-order valence-corrected chi connectivity index (χ0v) is 4.08. The standard InChI is InChI=1S/H4NO2PS/c2-4(3)1-5/h1-3,5H. The van der Waals surface area contributed by atoms with E-state index in [9.17, 15) is 0 Å². The van der Waals surface area contributed by atoms with Gasteiger partial charge in [-0.3, -0.25) is 0 Å². The van der Waals surface area contributed by atoms with Gasteiger partial charge in [-0.15, -0.1) is 0 Å². The molecule has 0 unspecified atom stereocenters. The summed E-state index contributed by atoms with van der Waals surface area (Å²) in [4.78, 5) is 15.6. The van der Waals surface area contributed by atoms with Crippen LogP contribution in [0.25, 0.3) is 0 Å². The number of hydrogen-bond acceptors (Lipinski definition) is 4. The van der Waals surface area contributed by atoms with Crippen LogP contribution in [0.5, 0.6) is 0 Å². The number of nitrogens with one attached hydrogen (secondary N) is 1. The van der Waals surface area contributed by atoms with E-state index in [4.69, 9.17) is 9.79 Å². The molecule has 0 rings (SSSR count). The van der Waals surface area contributed by atoms with E-state index in [1.165, 1.54) is 0 Å². The molecule has 0 aliphatic heterocycles. The molecule has 0 aliphatic rings. The fourth-order valence-corrected chi connectivity index (χ4v) is 0. The quantitative estimate of drug-likeness (QED) is 0.277. The molecule has 0 fully saturated rings. The minimum absolute atomic E-state index is 1.90. The van der Waals surface area contributed by atoms with E-state index in [0.717, 1.165) is 0 Å². The fraction of sp³-hybridized carbons (Fsp3) is 0. The molecule has 0 radical (unpaired) electrons. The molecule has 0 aromatic carbocycles. The summed E-state index contributed by atoms with van der Waals surface area (Å²) >= 11 is 3.29. The van der Waals surface area contributed by atoms with Crippen LogP contribution in [0, 0.1) is 0 Å². The molecular formula is H4NO2PS. The van der Waals surface area contributed by atoms with Crippen molar-refractivity contribution in [3.8, 4) is 0 Å². The molecule has 3 N–H and O–H groups in total. The van der Waals surface area contributed by atoms with Gasteiger partial charge in [-0.2, -0.15) is 4.49 Å². The Bertz CT molecular complexity index is 23.6. The molecule has 0 bridgehead atoms. The smallest absolute Gasteiger partial charge is 0.260 e. The monoisotopic (exact) mass is 113 g/mol. The first-order valence-corrected chi connectivity index (χ1v) is 2.54. The Labute approximate surface area is 36.5 Å². The second-order valence-corrected chi connectivity index (χ2v) is 1.77. The Morgan fingerprint density at radius 1 is 1.60 bits per heavy atom. The topological polar surface area (TPSA) is 52.5 Å². The lowest BCUT2D eigenvalue weighted by molar-refractivity contribution is 0.480. The molecule has 5 heteroatoms. The number of hydrogen-bond donors (Lipinski definition) is 4. The largest absolute Gasteiger partial charge is 0.337 e. The minimum Gasteiger partial charge on any atom is -0.337 e. The van der Waals surface area contributed by atoms with Crippen LogP contribution < -0.4 is 4.49 Å². The molecule has 5 heavy (non-hydrogen) atoms. The van der Waals surface area contributed by atoms with Crippen molar-refractivity contribution < 1.29 is 9.79 Å². The summed E-state index contributed by atoms with van der Waals surface area (Å²) in [6.07, 6.45) is 0. The van der Waals surface area contributed by atoms with Crippen LogP contribution in [0.2, 0.25) is 0 Å². The van der Waals surface area contributed by atoms with Crippen LogP contribution in [0.3, 0.4) is 0 Å². The summed E-state index contributed by atoms with van der Waals surface area (Å²) in [5, 5.41) is 0. The van der Waals surface area contributed by atoms with Crippen molar-refractivity contribution >= 4 is 21.3 Å². The number of rotatable bonds is 1. The van der Waals surface area contributed by atoms with Gasteiger partial charge in [0.15, 0.2) is 0 Å². The van der Waals surface area contributed by atoms with Crippen molar-refractivity contribution in [2.75, 3.05) is 0 Å². The lowest BCUT2D eigenvalue weighted by Crippen LogP contribution is -1.83. The maximum absolute atomic E-state index is 7.79. The molecule has 0 saturated carbocycles.